The third-order valence-electron chi connectivity index (χ3n) is 6.27. The van der Waals surface area contributed by atoms with Gasteiger partial charge >= 0.3 is 0 Å². The van der Waals surface area contributed by atoms with Crippen molar-refractivity contribution in [2.45, 2.75) is 38.6 Å². The zero-order chi connectivity index (χ0) is 20.4. The van der Waals surface area contributed by atoms with E-state index in [1.807, 2.05) is 10.3 Å². The molecular weight excluding hydrogens is 380 g/mol. The van der Waals surface area contributed by atoms with Gasteiger partial charge in [-0.25, -0.2) is 4.98 Å². The van der Waals surface area contributed by atoms with Gasteiger partial charge in [0.15, 0.2) is 0 Å². The zero-order valence-corrected chi connectivity index (χ0v) is 18.6. The fourth-order valence-corrected chi connectivity index (χ4v) is 5.20. The van der Waals surface area contributed by atoms with E-state index in [2.05, 4.69) is 59.9 Å². The Kier molecular flexibility index (Phi) is 6.32. The van der Waals surface area contributed by atoms with Crippen LogP contribution in [0.2, 0.25) is 0 Å². The van der Waals surface area contributed by atoms with Crippen LogP contribution in [0.3, 0.4) is 0 Å². The van der Waals surface area contributed by atoms with Crippen LogP contribution >= 0.6 is 11.3 Å². The summed E-state index contributed by atoms with van der Waals surface area (Å²) in [6.07, 6.45) is 2.56. The molecule has 0 aliphatic carbocycles. The first-order valence-corrected chi connectivity index (χ1v) is 11.7. The number of nitrogens with zero attached hydrogens (tertiary/aromatic N) is 4. The predicted molar refractivity (Wildman–Crippen MR) is 120 cm³/mol. The molecule has 2 aliphatic heterocycles. The van der Waals surface area contributed by atoms with Crippen molar-refractivity contribution in [2.75, 3.05) is 46.3 Å². The van der Waals surface area contributed by atoms with E-state index in [-0.39, 0.29) is 5.91 Å². The number of piperazine rings is 1. The number of piperidine rings is 1. The van der Waals surface area contributed by atoms with Gasteiger partial charge in [-0.05, 0) is 37.9 Å². The maximum absolute atomic E-state index is 13.0. The normalized spacial score (nSPS) is 21.7. The Labute approximate surface area is 178 Å². The molecule has 1 aromatic heterocycles. The number of hydrogen-bond donors (Lipinski definition) is 0. The molecule has 1 unspecified atom stereocenters. The number of hydrogen-bond acceptors (Lipinski definition) is 5. The summed E-state index contributed by atoms with van der Waals surface area (Å²) in [7, 11) is 2.21. The summed E-state index contributed by atoms with van der Waals surface area (Å²) in [5.41, 5.74) is 3.00. The molecule has 6 heteroatoms. The molecule has 0 bridgehead atoms. The fourth-order valence-electron chi connectivity index (χ4n) is 4.40. The molecule has 0 radical (unpaired) electrons. The molecule has 2 fully saturated rings. The summed E-state index contributed by atoms with van der Waals surface area (Å²) in [5.74, 6) is 0.594. The van der Waals surface area contributed by atoms with E-state index >= 15 is 0 Å². The van der Waals surface area contributed by atoms with Gasteiger partial charge in [-0.15, -0.1) is 11.3 Å². The minimum Gasteiger partial charge on any atom is -0.335 e. The third kappa shape index (κ3) is 4.71. The Morgan fingerprint density at radius 1 is 1.10 bits per heavy atom. The van der Waals surface area contributed by atoms with Crippen LogP contribution in [0.25, 0.3) is 10.6 Å². The topological polar surface area (TPSA) is 39.7 Å². The second-order valence-corrected chi connectivity index (χ2v) is 9.56. The van der Waals surface area contributed by atoms with Crippen LogP contribution in [0.4, 0.5) is 0 Å². The van der Waals surface area contributed by atoms with E-state index in [0.29, 0.717) is 17.7 Å². The Morgan fingerprint density at radius 2 is 1.83 bits per heavy atom. The van der Waals surface area contributed by atoms with Crippen molar-refractivity contribution in [3.8, 4) is 10.6 Å². The van der Waals surface area contributed by atoms with Gasteiger partial charge in [-0.2, -0.15) is 0 Å². The van der Waals surface area contributed by atoms with Gasteiger partial charge in [-0.1, -0.05) is 38.1 Å². The van der Waals surface area contributed by atoms with Crippen LogP contribution in [-0.4, -0.2) is 77.9 Å². The van der Waals surface area contributed by atoms with Crippen molar-refractivity contribution in [3.63, 3.8) is 0 Å². The maximum Gasteiger partial charge on any atom is 0.273 e. The molecule has 0 spiro atoms. The first-order valence-electron chi connectivity index (χ1n) is 10.8. The Balaban J connectivity index is 1.36. The summed E-state index contributed by atoms with van der Waals surface area (Å²) < 4.78 is 0. The molecule has 1 amide bonds. The molecule has 156 valence electrons. The largest absolute Gasteiger partial charge is 0.335 e. The Bertz CT molecular complexity index is 824. The van der Waals surface area contributed by atoms with Crippen LogP contribution < -0.4 is 0 Å². The molecule has 2 aromatic rings. The molecule has 0 saturated carbocycles. The van der Waals surface area contributed by atoms with Crippen molar-refractivity contribution >= 4 is 17.2 Å². The lowest BCUT2D eigenvalue weighted by Crippen LogP contribution is -2.55. The quantitative estimate of drug-likeness (QED) is 0.766. The van der Waals surface area contributed by atoms with Gasteiger partial charge in [-0.3, -0.25) is 9.69 Å². The highest BCUT2D eigenvalue weighted by Crippen LogP contribution is 2.26. The molecule has 2 saturated heterocycles. The molecule has 3 heterocycles. The van der Waals surface area contributed by atoms with Crippen LogP contribution in [0.5, 0.6) is 0 Å². The average Bonchev–Trinajstić information content (AvgIpc) is 3.24. The van der Waals surface area contributed by atoms with E-state index in [9.17, 15) is 4.79 Å². The van der Waals surface area contributed by atoms with Crippen molar-refractivity contribution in [1.29, 1.82) is 0 Å². The highest BCUT2D eigenvalue weighted by Gasteiger charge is 2.29. The van der Waals surface area contributed by atoms with Crippen LogP contribution in [-0.2, 0) is 0 Å². The summed E-state index contributed by atoms with van der Waals surface area (Å²) in [5, 5.41) is 2.84. The number of carbonyl (C=O) groups excluding carboxylic acids is 1. The lowest BCUT2D eigenvalue weighted by atomic mass is 10.0. The van der Waals surface area contributed by atoms with Crippen molar-refractivity contribution < 1.29 is 4.79 Å². The molecule has 1 atom stereocenters. The molecule has 29 heavy (non-hydrogen) atoms. The number of aromatic nitrogens is 1. The summed E-state index contributed by atoms with van der Waals surface area (Å²) >= 11 is 1.56. The summed E-state index contributed by atoms with van der Waals surface area (Å²) in [4.78, 5) is 24.6. The van der Waals surface area contributed by atoms with Gasteiger partial charge in [0.05, 0.1) is 0 Å². The molecule has 1 aromatic carbocycles. The van der Waals surface area contributed by atoms with E-state index in [4.69, 9.17) is 0 Å². The zero-order valence-electron chi connectivity index (χ0n) is 17.8. The van der Waals surface area contributed by atoms with Gasteiger partial charge in [0, 0.05) is 49.7 Å². The van der Waals surface area contributed by atoms with Gasteiger partial charge in [0.2, 0.25) is 0 Å². The van der Waals surface area contributed by atoms with Gasteiger partial charge < -0.3 is 9.80 Å². The number of likely N-dealkylation sites (N-methyl/N-ethyl adjacent to an activating group) is 1. The molecule has 5 nitrogen and oxygen atoms in total. The standard InChI is InChI=1S/C23H32N4OS/c1-17(2)18-6-8-19(9-7-18)22-24-21(16-29-22)23(28)27-13-11-26(12-14-27)20-5-4-10-25(3)15-20/h6-9,16-17,20H,4-5,10-15H2,1-3H3. The van der Waals surface area contributed by atoms with Crippen LogP contribution in [0.1, 0.15) is 48.7 Å². The highest BCUT2D eigenvalue weighted by molar-refractivity contribution is 7.13. The monoisotopic (exact) mass is 412 g/mol. The smallest absolute Gasteiger partial charge is 0.273 e. The Morgan fingerprint density at radius 3 is 2.48 bits per heavy atom. The van der Waals surface area contributed by atoms with E-state index in [0.717, 1.165) is 43.3 Å². The van der Waals surface area contributed by atoms with E-state index in [1.165, 1.54) is 24.9 Å². The number of likely N-dealkylation sites (tertiary alicyclic amines) is 1. The molecule has 0 N–H and O–H groups in total. The minimum absolute atomic E-state index is 0.0757. The summed E-state index contributed by atoms with van der Waals surface area (Å²) in [6.45, 7) is 10.3. The summed E-state index contributed by atoms with van der Waals surface area (Å²) in [6, 6.07) is 9.19. The van der Waals surface area contributed by atoms with Gasteiger partial charge in [0.25, 0.3) is 5.91 Å². The van der Waals surface area contributed by atoms with Crippen LogP contribution in [0, 0.1) is 0 Å². The third-order valence-corrected chi connectivity index (χ3v) is 7.16. The lowest BCUT2D eigenvalue weighted by Gasteiger charge is -2.42. The molecule has 4 rings (SSSR count). The Hall–Kier alpha value is -1.76. The van der Waals surface area contributed by atoms with E-state index < -0.39 is 0 Å². The minimum atomic E-state index is 0.0757. The van der Waals surface area contributed by atoms with E-state index in [1.54, 1.807) is 11.3 Å². The second-order valence-electron chi connectivity index (χ2n) is 8.70. The number of amides is 1. The predicted octanol–water partition coefficient (Wildman–Crippen LogP) is 3.79. The number of rotatable bonds is 4. The number of carbonyl (C=O) groups is 1. The molecular formula is C23H32N4OS. The SMILES string of the molecule is CC(C)c1ccc(-c2nc(C(=O)N3CCN(C4CCCN(C)C4)CC3)cs2)cc1. The van der Waals surface area contributed by atoms with Crippen LogP contribution in [0.15, 0.2) is 29.6 Å². The highest BCUT2D eigenvalue weighted by atomic mass is 32.1. The maximum atomic E-state index is 13.0. The van der Waals surface area contributed by atoms with Gasteiger partial charge in [0.1, 0.15) is 10.7 Å². The second kappa shape index (κ2) is 8.94. The fraction of sp³-hybridized carbons (Fsp3) is 0.565. The number of thiazole rings is 1. The first kappa shape index (κ1) is 20.5. The molecule has 2 aliphatic rings. The number of benzene rings is 1. The first-order chi connectivity index (χ1) is 14.0. The lowest BCUT2D eigenvalue weighted by molar-refractivity contribution is 0.0449. The average molecular weight is 413 g/mol. The van der Waals surface area contributed by atoms with Crippen molar-refractivity contribution in [1.82, 2.24) is 19.7 Å². The van der Waals surface area contributed by atoms with Crippen molar-refractivity contribution in [2.24, 2.45) is 0 Å². The van der Waals surface area contributed by atoms with Crippen molar-refractivity contribution in [3.05, 3.63) is 40.9 Å².